The molecule has 1 fully saturated rings. The average molecular weight is 215 g/mol. The third-order valence-electron chi connectivity index (χ3n) is 2.39. The molecule has 1 aliphatic carbocycles. The molecule has 1 saturated carbocycles. The van der Waals surface area contributed by atoms with Gasteiger partial charge in [0.2, 0.25) is 0 Å². The minimum absolute atomic E-state index is 0.328. The van der Waals surface area contributed by atoms with Crippen molar-refractivity contribution < 1.29 is 4.39 Å². The Morgan fingerprint density at radius 1 is 1.64 bits per heavy atom. The molecule has 0 atom stereocenters. The van der Waals surface area contributed by atoms with Gasteiger partial charge in [-0.15, -0.1) is 0 Å². The van der Waals surface area contributed by atoms with Gasteiger partial charge >= 0.3 is 0 Å². The maximum Gasteiger partial charge on any atom is 0.167 e. The van der Waals surface area contributed by atoms with Crippen molar-refractivity contribution in [3.63, 3.8) is 0 Å². The van der Waals surface area contributed by atoms with E-state index in [-0.39, 0.29) is 5.82 Å². The van der Waals surface area contributed by atoms with E-state index in [4.69, 9.17) is 11.6 Å². The highest BCUT2D eigenvalue weighted by Gasteiger charge is 2.30. The maximum absolute atomic E-state index is 13.5. The Hall–Kier alpha value is -0.830. The van der Waals surface area contributed by atoms with E-state index < -0.39 is 0 Å². The molecule has 14 heavy (non-hydrogen) atoms. The molecule has 0 N–H and O–H groups in total. The van der Waals surface area contributed by atoms with Crippen LogP contribution in [0.5, 0.6) is 0 Å². The second-order valence-corrected chi connectivity index (χ2v) is 3.91. The Bertz CT molecular complexity index is 339. The predicted octanol–water partition coefficient (Wildman–Crippen LogP) is 2.86. The molecule has 0 aliphatic heterocycles. The lowest BCUT2D eigenvalue weighted by Gasteiger charge is -2.21. The number of hydrogen-bond donors (Lipinski definition) is 0. The highest BCUT2D eigenvalue weighted by molar-refractivity contribution is 6.30. The van der Waals surface area contributed by atoms with Crippen molar-refractivity contribution in [1.82, 2.24) is 4.98 Å². The summed E-state index contributed by atoms with van der Waals surface area (Å²) in [6.45, 7) is 2.80. The summed E-state index contributed by atoms with van der Waals surface area (Å²) < 4.78 is 13.5. The number of nitrogens with zero attached hydrogens (tertiary/aromatic N) is 2. The molecule has 0 spiro atoms. The van der Waals surface area contributed by atoms with E-state index in [0.717, 1.165) is 19.4 Å². The maximum atomic E-state index is 13.5. The highest BCUT2D eigenvalue weighted by Crippen LogP contribution is 2.32. The van der Waals surface area contributed by atoms with Crippen molar-refractivity contribution in [2.24, 2.45) is 0 Å². The lowest BCUT2D eigenvalue weighted by molar-refractivity contribution is 0.609. The Kier molecular flexibility index (Phi) is 2.59. The molecule has 1 aromatic heterocycles. The van der Waals surface area contributed by atoms with E-state index >= 15 is 0 Å². The smallest absolute Gasteiger partial charge is 0.167 e. The largest absolute Gasteiger partial charge is 0.351 e. The van der Waals surface area contributed by atoms with E-state index in [1.54, 1.807) is 0 Å². The van der Waals surface area contributed by atoms with E-state index in [0.29, 0.717) is 16.9 Å². The lowest BCUT2D eigenvalue weighted by atomic mass is 10.4. The molecular weight excluding hydrogens is 203 g/mol. The zero-order chi connectivity index (χ0) is 10.1. The van der Waals surface area contributed by atoms with Crippen molar-refractivity contribution in [2.45, 2.75) is 25.8 Å². The van der Waals surface area contributed by atoms with E-state index in [2.05, 4.69) is 4.98 Å². The molecule has 0 saturated heterocycles. The monoisotopic (exact) mass is 214 g/mol. The molecule has 0 bridgehead atoms. The summed E-state index contributed by atoms with van der Waals surface area (Å²) in [5.74, 6) is 0.102. The minimum Gasteiger partial charge on any atom is -0.351 e. The first-order chi connectivity index (χ1) is 6.72. The van der Waals surface area contributed by atoms with Crippen LogP contribution >= 0.6 is 11.6 Å². The van der Waals surface area contributed by atoms with Gasteiger partial charge in [0.1, 0.15) is 0 Å². The van der Waals surface area contributed by atoms with Crippen molar-refractivity contribution in [3.8, 4) is 0 Å². The quantitative estimate of drug-likeness (QED) is 0.769. The zero-order valence-electron chi connectivity index (χ0n) is 8.00. The first kappa shape index (κ1) is 9.71. The van der Waals surface area contributed by atoms with Gasteiger partial charge in [0, 0.05) is 18.8 Å². The molecule has 2 nitrogen and oxygen atoms in total. The van der Waals surface area contributed by atoms with Crippen LogP contribution in [-0.4, -0.2) is 17.6 Å². The average Bonchev–Trinajstić information content (AvgIpc) is 2.93. The van der Waals surface area contributed by atoms with Crippen molar-refractivity contribution in [1.29, 1.82) is 0 Å². The summed E-state index contributed by atoms with van der Waals surface area (Å²) in [5.41, 5.74) is 0. The lowest BCUT2D eigenvalue weighted by Crippen LogP contribution is -2.27. The number of anilines is 1. The fourth-order valence-electron chi connectivity index (χ4n) is 1.59. The molecule has 76 valence electrons. The van der Waals surface area contributed by atoms with Crippen LogP contribution in [0.4, 0.5) is 10.2 Å². The Balaban J connectivity index is 2.29. The number of rotatable bonds is 3. The molecule has 4 heteroatoms. The van der Waals surface area contributed by atoms with Crippen LogP contribution in [0.25, 0.3) is 0 Å². The van der Waals surface area contributed by atoms with Gasteiger partial charge in [-0.3, -0.25) is 0 Å². The van der Waals surface area contributed by atoms with Crippen LogP contribution in [0.15, 0.2) is 12.3 Å². The molecule has 0 amide bonds. The number of pyridine rings is 1. The molecule has 1 aromatic rings. The summed E-state index contributed by atoms with van der Waals surface area (Å²) in [5, 5.41) is 0.345. The van der Waals surface area contributed by atoms with Crippen LogP contribution in [-0.2, 0) is 0 Å². The molecule has 1 heterocycles. The van der Waals surface area contributed by atoms with Gasteiger partial charge in [0.05, 0.1) is 5.02 Å². The second-order valence-electron chi connectivity index (χ2n) is 3.48. The molecule has 2 rings (SSSR count). The van der Waals surface area contributed by atoms with Gasteiger partial charge in [-0.25, -0.2) is 9.37 Å². The first-order valence-electron chi connectivity index (χ1n) is 4.80. The van der Waals surface area contributed by atoms with Gasteiger partial charge in [-0.05, 0) is 25.8 Å². The Morgan fingerprint density at radius 3 is 2.86 bits per heavy atom. The van der Waals surface area contributed by atoms with E-state index in [1.807, 2.05) is 11.8 Å². The second kappa shape index (κ2) is 3.73. The zero-order valence-corrected chi connectivity index (χ0v) is 8.76. The normalized spacial score (nSPS) is 15.6. The first-order valence-corrected chi connectivity index (χ1v) is 5.18. The third kappa shape index (κ3) is 1.82. The Morgan fingerprint density at radius 2 is 2.36 bits per heavy atom. The Labute approximate surface area is 87.7 Å². The number of aromatic nitrogens is 1. The molecule has 0 unspecified atom stereocenters. The minimum atomic E-state index is -0.328. The van der Waals surface area contributed by atoms with E-state index in [9.17, 15) is 4.39 Å². The summed E-state index contributed by atoms with van der Waals surface area (Å²) in [4.78, 5) is 6.02. The molecule has 0 aromatic carbocycles. The SMILES string of the molecule is CCN(c1ncc(Cl)cc1F)C1CC1. The number of hydrogen-bond acceptors (Lipinski definition) is 2. The summed E-state index contributed by atoms with van der Waals surface area (Å²) in [6, 6.07) is 1.79. The van der Waals surface area contributed by atoms with Gasteiger partial charge in [-0.1, -0.05) is 11.6 Å². The molecular formula is C10H12ClFN2. The molecule has 1 aliphatic rings. The van der Waals surface area contributed by atoms with Gasteiger partial charge in [0.25, 0.3) is 0 Å². The highest BCUT2D eigenvalue weighted by atomic mass is 35.5. The van der Waals surface area contributed by atoms with Crippen LogP contribution in [0.2, 0.25) is 5.02 Å². The fraction of sp³-hybridized carbons (Fsp3) is 0.500. The van der Waals surface area contributed by atoms with Crippen LogP contribution < -0.4 is 4.90 Å². The summed E-state index contributed by atoms with van der Waals surface area (Å²) in [7, 11) is 0. The topological polar surface area (TPSA) is 16.1 Å². The van der Waals surface area contributed by atoms with E-state index in [1.165, 1.54) is 12.3 Å². The van der Waals surface area contributed by atoms with Crippen molar-refractivity contribution in [2.75, 3.05) is 11.4 Å². The summed E-state index contributed by atoms with van der Waals surface area (Å²) in [6.07, 6.45) is 3.76. The van der Waals surface area contributed by atoms with Crippen molar-refractivity contribution >= 4 is 17.4 Å². The van der Waals surface area contributed by atoms with Crippen LogP contribution in [0, 0.1) is 5.82 Å². The summed E-state index contributed by atoms with van der Waals surface area (Å²) >= 11 is 5.64. The van der Waals surface area contributed by atoms with Gasteiger partial charge < -0.3 is 4.90 Å². The number of halogens is 2. The van der Waals surface area contributed by atoms with Gasteiger partial charge in [0.15, 0.2) is 11.6 Å². The van der Waals surface area contributed by atoms with Gasteiger partial charge in [-0.2, -0.15) is 0 Å². The third-order valence-corrected chi connectivity index (χ3v) is 2.60. The molecule has 0 radical (unpaired) electrons. The van der Waals surface area contributed by atoms with Crippen LogP contribution in [0.3, 0.4) is 0 Å². The predicted molar refractivity (Wildman–Crippen MR) is 55.2 cm³/mol. The fourth-order valence-corrected chi connectivity index (χ4v) is 1.73. The van der Waals surface area contributed by atoms with Crippen LogP contribution in [0.1, 0.15) is 19.8 Å². The van der Waals surface area contributed by atoms with Crippen molar-refractivity contribution in [3.05, 3.63) is 23.1 Å². The standard InChI is InChI=1S/C10H12ClFN2/c1-2-14(8-3-4-8)10-9(12)5-7(11)6-13-10/h5-6,8H,2-4H2,1H3.